The summed E-state index contributed by atoms with van der Waals surface area (Å²) in [6.07, 6.45) is 1.00. The van der Waals surface area contributed by atoms with Crippen molar-refractivity contribution >= 4 is 0 Å². The second-order valence-electron chi connectivity index (χ2n) is 5.78. The summed E-state index contributed by atoms with van der Waals surface area (Å²) < 4.78 is 5.56. The fraction of sp³-hybridized carbons (Fsp3) is 0.600. The minimum atomic E-state index is 0.106. The van der Waals surface area contributed by atoms with Crippen LogP contribution in [0.15, 0.2) is 24.3 Å². The van der Waals surface area contributed by atoms with Gasteiger partial charge in [-0.15, -0.1) is 0 Å². The van der Waals surface area contributed by atoms with Crippen LogP contribution in [0, 0.1) is 0 Å². The van der Waals surface area contributed by atoms with Crippen molar-refractivity contribution in [2.24, 2.45) is 0 Å². The van der Waals surface area contributed by atoms with Crippen molar-refractivity contribution in [2.75, 3.05) is 19.8 Å². The Morgan fingerprint density at radius 2 is 2.00 bits per heavy atom. The minimum Gasteiger partial charge on any atom is -0.508 e. The first-order valence-corrected chi connectivity index (χ1v) is 6.61. The maximum atomic E-state index is 9.30. The van der Waals surface area contributed by atoms with E-state index in [2.05, 4.69) is 25.7 Å². The van der Waals surface area contributed by atoms with Crippen molar-refractivity contribution < 1.29 is 9.84 Å². The zero-order chi connectivity index (χ0) is 13.2. The van der Waals surface area contributed by atoms with E-state index in [1.54, 1.807) is 12.1 Å². The lowest BCUT2D eigenvalue weighted by Gasteiger charge is -2.45. The van der Waals surface area contributed by atoms with E-state index in [0.717, 1.165) is 26.2 Å². The lowest BCUT2D eigenvalue weighted by molar-refractivity contribution is -0.0684. The molecule has 0 aromatic heterocycles. The van der Waals surface area contributed by atoms with Gasteiger partial charge in [-0.2, -0.15) is 0 Å². The molecule has 1 N–H and O–H groups in total. The van der Waals surface area contributed by atoms with E-state index in [0.29, 0.717) is 11.8 Å². The number of nitrogens with zero attached hydrogens (tertiary/aromatic N) is 1. The molecule has 0 amide bonds. The van der Waals surface area contributed by atoms with E-state index in [4.69, 9.17) is 4.74 Å². The molecule has 1 aliphatic rings. The summed E-state index contributed by atoms with van der Waals surface area (Å²) in [6.45, 7) is 9.35. The van der Waals surface area contributed by atoms with Gasteiger partial charge in [0, 0.05) is 18.1 Å². The predicted molar refractivity (Wildman–Crippen MR) is 72.9 cm³/mol. The van der Waals surface area contributed by atoms with Crippen LogP contribution in [-0.4, -0.2) is 41.3 Å². The molecule has 0 bridgehead atoms. The zero-order valence-corrected chi connectivity index (χ0v) is 11.5. The molecule has 1 aromatic carbocycles. The fourth-order valence-corrected chi connectivity index (χ4v) is 2.77. The smallest absolute Gasteiger partial charge is 0.115 e. The Labute approximate surface area is 109 Å². The monoisotopic (exact) mass is 249 g/mol. The van der Waals surface area contributed by atoms with Gasteiger partial charge in [0.2, 0.25) is 0 Å². The van der Waals surface area contributed by atoms with Crippen LogP contribution >= 0.6 is 0 Å². The Morgan fingerprint density at radius 3 is 2.61 bits per heavy atom. The molecule has 0 saturated carbocycles. The first-order valence-electron chi connectivity index (χ1n) is 6.61. The van der Waals surface area contributed by atoms with Gasteiger partial charge in [-0.25, -0.2) is 0 Å². The van der Waals surface area contributed by atoms with Gasteiger partial charge in [0.25, 0.3) is 0 Å². The average molecular weight is 249 g/mol. The molecule has 1 unspecified atom stereocenters. The van der Waals surface area contributed by atoms with Gasteiger partial charge < -0.3 is 9.84 Å². The van der Waals surface area contributed by atoms with Gasteiger partial charge in [-0.3, -0.25) is 4.90 Å². The van der Waals surface area contributed by atoms with Crippen molar-refractivity contribution in [3.63, 3.8) is 0 Å². The number of aromatic hydroxyl groups is 1. The fourth-order valence-electron chi connectivity index (χ4n) is 2.77. The predicted octanol–water partition coefficient (Wildman–Crippen LogP) is 2.43. The van der Waals surface area contributed by atoms with Gasteiger partial charge in [-0.1, -0.05) is 12.1 Å². The van der Waals surface area contributed by atoms with Crippen LogP contribution in [0.5, 0.6) is 5.75 Å². The van der Waals surface area contributed by atoms with E-state index in [-0.39, 0.29) is 5.54 Å². The van der Waals surface area contributed by atoms with Crippen LogP contribution in [0.4, 0.5) is 0 Å². The largest absolute Gasteiger partial charge is 0.508 e. The van der Waals surface area contributed by atoms with Crippen molar-refractivity contribution in [2.45, 2.75) is 38.8 Å². The molecular formula is C15H23NO2. The Hall–Kier alpha value is -1.06. The van der Waals surface area contributed by atoms with E-state index in [1.165, 1.54) is 5.56 Å². The maximum absolute atomic E-state index is 9.30. The molecular weight excluding hydrogens is 226 g/mol. The molecule has 100 valence electrons. The number of hydrogen-bond donors (Lipinski definition) is 1. The van der Waals surface area contributed by atoms with Crippen LogP contribution in [0.3, 0.4) is 0 Å². The van der Waals surface area contributed by atoms with Crippen molar-refractivity contribution in [1.29, 1.82) is 0 Å². The summed E-state index contributed by atoms with van der Waals surface area (Å²) in [5.74, 6) is 0.332. The van der Waals surface area contributed by atoms with Crippen LogP contribution in [0.1, 0.15) is 26.3 Å². The first kappa shape index (κ1) is 13.4. The van der Waals surface area contributed by atoms with Gasteiger partial charge >= 0.3 is 0 Å². The van der Waals surface area contributed by atoms with Crippen LogP contribution in [-0.2, 0) is 11.2 Å². The molecule has 1 aromatic rings. The summed E-state index contributed by atoms with van der Waals surface area (Å²) in [7, 11) is 0. The standard InChI is InChI=1S/C15H23NO2/c1-12(10-13-4-6-14(17)7-5-13)16-8-9-18-11-15(16,2)3/h4-7,12,17H,8-11H2,1-3H3. The second-order valence-corrected chi connectivity index (χ2v) is 5.78. The van der Waals surface area contributed by atoms with Gasteiger partial charge in [0.1, 0.15) is 5.75 Å². The third-order valence-electron chi connectivity index (χ3n) is 3.71. The summed E-state index contributed by atoms with van der Waals surface area (Å²) in [5, 5.41) is 9.30. The molecule has 0 aliphatic carbocycles. The number of benzene rings is 1. The lowest BCUT2D eigenvalue weighted by Crippen LogP contribution is -2.56. The number of phenolic OH excluding ortho intramolecular Hbond substituents is 1. The van der Waals surface area contributed by atoms with Crippen LogP contribution in [0.25, 0.3) is 0 Å². The maximum Gasteiger partial charge on any atom is 0.115 e. The SMILES string of the molecule is CC(Cc1ccc(O)cc1)N1CCOCC1(C)C. The molecule has 18 heavy (non-hydrogen) atoms. The minimum absolute atomic E-state index is 0.106. The number of hydrogen-bond acceptors (Lipinski definition) is 3. The van der Waals surface area contributed by atoms with E-state index in [1.807, 2.05) is 12.1 Å². The summed E-state index contributed by atoms with van der Waals surface area (Å²) in [5.41, 5.74) is 1.37. The number of phenols is 1. The van der Waals surface area contributed by atoms with Crippen molar-refractivity contribution in [3.05, 3.63) is 29.8 Å². The summed E-state index contributed by atoms with van der Waals surface area (Å²) in [6, 6.07) is 7.99. The number of morpholine rings is 1. The van der Waals surface area contributed by atoms with Crippen molar-refractivity contribution in [3.8, 4) is 5.75 Å². The number of rotatable bonds is 3. The highest BCUT2D eigenvalue weighted by Crippen LogP contribution is 2.23. The quantitative estimate of drug-likeness (QED) is 0.893. The third-order valence-corrected chi connectivity index (χ3v) is 3.71. The van der Waals surface area contributed by atoms with E-state index in [9.17, 15) is 5.11 Å². The molecule has 1 atom stereocenters. The van der Waals surface area contributed by atoms with Gasteiger partial charge in [0.05, 0.1) is 13.2 Å². The molecule has 0 spiro atoms. The Balaban J connectivity index is 2.02. The topological polar surface area (TPSA) is 32.7 Å². The van der Waals surface area contributed by atoms with E-state index < -0.39 is 0 Å². The average Bonchev–Trinajstić information content (AvgIpc) is 2.31. The van der Waals surface area contributed by atoms with Gasteiger partial charge in [0.15, 0.2) is 0 Å². The van der Waals surface area contributed by atoms with Gasteiger partial charge in [-0.05, 0) is 44.9 Å². The first-order chi connectivity index (χ1) is 8.49. The molecule has 1 saturated heterocycles. The number of ether oxygens (including phenoxy) is 1. The van der Waals surface area contributed by atoms with E-state index >= 15 is 0 Å². The molecule has 2 rings (SSSR count). The second kappa shape index (κ2) is 5.29. The summed E-state index contributed by atoms with van der Waals surface area (Å²) >= 11 is 0. The molecule has 3 nitrogen and oxygen atoms in total. The van der Waals surface area contributed by atoms with Crippen molar-refractivity contribution in [1.82, 2.24) is 4.90 Å². The highest BCUT2D eigenvalue weighted by Gasteiger charge is 2.33. The molecule has 1 heterocycles. The lowest BCUT2D eigenvalue weighted by atomic mass is 9.97. The van der Waals surface area contributed by atoms with Crippen LogP contribution in [0.2, 0.25) is 0 Å². The summed E-state index contributed by atoms with van der Waals surface area (Å²) in [4.78, 5) is 2.52. The zero-order valence-electron chi connectivity index (χ0n) is 11.5. The molecule has 1 fully saturated rings. The normalized spacial score (nSPS) is 21.7. The Bertz CT molecular complexity index is 386. The molecule has 0 radical (unpaired) electrons. The molecule has 3 heteroatoms. The Kier molecular flexibility index (Phi) is 3.93. The van der Waals surface area contributed by atoms with Crippen LogP contribution < -0.4 is 0 Å². The Morgan fingerprint density at radius 1 is 1.33 bits per heavy atom. The molecule has 1 aliphatic heterocycles. The highest BCUT2D eigenvalue weighted by atomic mass is 16.5. The highest BCUT2D eigenvalue weighted by molar-refractivity contribution is 5.26. The third kappa shape index (κ3) is 3.03.